The molecule has 0 aliphatic carbocycles. The summed E-state index contributed by atoms with van der Waals surface area (Å²) in [5.74, 6) is 0.286. The molecule has 15 heavy (non-hydrogen) atoms. The number of nitrogens with zero attached hydrogens (tertiary/aromatic N) is 2. The van der Waals surface area contributed by atoms with Crippen LogP contribution in [0.5, 0.6) is 0 Å². The van der Waals surface area contributed by atoms with Gasteiger partial charge in [-0.25, -0.2) is 0 Å². The van der Waals surface area contributed by atoms with Crippen LogP contribution in [0.1, 0.15) is 50.1 Å². The predicted molar refractivity (Wildman–Crippen MR) is 62.9 cm³/mol. The van der Waals surface area contributed by atoms with E-state index in [-0.39, 0.29) is 5.92 Å². The maximum absolute atomic E-state index is 9.56. The maximum atomic E-state index is 9.56. The van der Waals surface area contributed by atoms with Crippen molar-refractivity contribution >= 4 is 12.2 Å². The Balaban J connectivity index is 3.28. The molecule has 0 aromatic carbocycles. The minimum absolute atomic E-state index is 0.286. The largest absolute Gasteiger partial charge is 0.411 e. The van der Waals surface area contributed by atoms with Crippen LogP contribution in [0.2, 0.25) is 0 Å². The Morgan fingerprint density at radius 3 is 2.67 bits per heavy atom. The van der Waals surface area contributed by atoms with E-state index in [1.54, 1.807) is 6.08 Å². The van der Waals surface area contributed by atoms with Crippen LogP contribution in [0.25, 0.3) is 12.2 Å². The Labute approximate surface area is 90.7 Å². The van der Waals surface area contributed by atoms with Crippen molar-refractivity contribution in [3.63, 3.8) is 0 Å². The van der Waals surface area contributed by atoms with Gasteiger partial charge in [-0.15, -0.1) is 9.94 Å². The standard InChI is InChI=1S/C12H18N2O/c1-5-7-8-10-11(6-2)14(15)13-12(10)9(3)4/h6-9,15H,2,5H2,1,3-4H3/b8-7-. The van der Waals surface area contributed by atoms with E-state index >= 15 is 0 Å². The minimum atomic E-state index is 0.286. The van der Waals surface area contributed by atoms with Crippen LogP contribution < -0.4 is 0 Å². The Hall–Kier alpha value is -1.51. The average Bonchev–Trinajstić information content (AvgIpc) is 2.51. The summed E-state index contributed by atoms with van der Waals surface area (Å²) in [6.45, 7) is 9.86. The number of hydrogen-bond acceptors (Lipinski definition) is 2. The van der Waals surface area contributed by atoms with Gasteiger partial charge in [0.15, 0.2) is 0 Å². The second kappa shape index (κ2) is 4.82. The summed E-state index contributed by atoms with van der Waals surface area (Å²) >= 11 is 0. The van der Waals surface area contributed by atoms with Gasteiger partial charge in [-0.2, -0.15) is 0 Å². The second-order valence-corrected chi connectivity index (χ2v) is 3.74. The molecule has 0 spiro atoms. The van der Waals surface area contributed by atoms with Gasteiger partial charge in [0.2, 0.25) is 0 Å². The van der Waals surface area contributed by atoms with E-state index in [0.29, 0.717) is 5.69 Å². The Morgan fingerprint density at radius 1 is 1.53 bits per heavy atom. The maximum Gasteiger partial charge on any atom is 0.109 e. The van der Waals surface area contributed by atoms with E-state index in [1.165, 1.54) is 0 Å². The first-order valence-electron chi connectivity index (χ1n) is 5.22. The monoisotopic (exact) mass is 206 g/mol. The number of allylic oxidation sites excluding steroid dienone is 1. The van der Waals surface area contributed by atoms with Crippen LogP contribution in [0.3, 0.4) is 0 Å². The van der Waals surface area contributed by atoms with Gasteiger partial charge in [0.05, 0.1) is 5.69 Å². The Bertz CT molecular complexity index is 375. The van der Waals surface area contributed by atoms with Gasteiger partial charge in [0, 0.05) is 5.56 Å². The fraction of sp³-hybridized carbons (Fsp3) is 0.417. The average molecular weight is 206 g/mol. The first-order chi connectivity index (χ1) is 7.11. The molecule has 0 unspecified atom stereocenters. The molecule has 0 aliphatic heterocycles. The molecule has 0 fully saturated rings. The normalized spacial score (nSPS) is 11.5. The fourth-order valence-corrected chi connectivity index (χ4v) is 1.47. The summed E-state index contributed by atoms with van der Waals surface area (Å²) in [4.78, 5) is 0.900. The van der Waals surface area contributed by atoms with Crippen molar-refractivity contribution < 1.29 is 5.21 Å². The number of hydrogen-bond donors (Lipinski definition) is 1. The van der Waals surface area contributed by atoms with Crippen LogP contribution in [0.15, 0.2) is 12.7 Å². The summed E-state index contributed by atoms with van der Waals surface area (Å²) in [7, 11) is 0. The molecule has 1 aromatic rings. The van der Waals surface area contributed by atoms with Gasteiger partial charge >= 0.3 is 0 Å². The number of aromatic nitrogens is 2. The molecule has 0 saturated carbocycles. The highest BCUT2D eigenvalue weighted by Crippen LogP contribution is 2.23. The van der Waals surface area contributed by atoms with E-state index in [9.17, 15) is 5.21 Å². The van der Waals surface area contributed by atoms with Crippen LogP contribution >= 0.6 is 0 Å². The van der Waals surface area contributed by atoms with E-state index in [0.717, 1.165) is 22.5 Å². The lowest BCUT2D eigenvalue weighted by Crippen LogP contribution is -1.96. The van der Waals surface area contributed by atoms with Gasteiger partial charge in [-0.1, -0.05) is 39.5 Å². The molecule has 0 bridgehead atoms. The SMILES string of the molecule is C=Cc1c(/C=C\CC)c(C(C)C)nn1O. The topological polar surface area (TPSA) is 38.0 Å². The summed E-state index contributed by atoms with van der Waals surface area (Å²) in [5.41, 5.74) is 2.52. The lowest BCUT2D eigenvalue weighted by molar-refractivity contribution is 0.145. The summed E-state index contributed by atoms with van der Waals surface area (Å²) in [6, 6.07) is 0. The highest BCUT2D eigenvalue weighted by atomic mass is 16.5. The van der Waals surface area contributed by atoms with Crippen molar-refractivity contribution in [2.45, 2.75) is 33.1 Å². The zero-order chi connectivity index (χ0) is 11.4. The van der Waals surface area contributed by atoms with Gasteiger partial charge < -0.3 is 5.21 Å². The highest BCUT2D eigenvalue weighted by molar-refractivity contribution is 5.64. The lowest BCUT2D eigenvalue weighted by atomic mass is 10.0. The van der Waals surface area contributed by atoms with E-state index in [4.69, 9.17) is 0 Å². The van der Waals surface area contributed by atoms with Crippen LogP contribution in [-0.2, 0) is 0 Å². The molecular weight excluding hydrogens is 188 g/mol. The van der Waals surface area contributed by atoms with Crippen molar-refractivity contribution in [1.82, 2.24) is 9.94 Å². The molecule has 3 nitrogen and oxygen atoms in total. The molecule has 0 radical (unpaired) electrons. The summed E-state index contributed by atoms with van der Waals surface area (Å²) < 4.78 is 0. The van der Waals surface area contributed by atoms with E-state index in [2.05, 4.69) is 38.5 Å². The lowest BCUT2D eigenvalue weighted by Gasteiger charge is -2.00. The number of rotatable bonds is 4. The van der Waals surface area contributed by atoms with Crippen LogP contribution in [0, 0.1) is 0 Å². The molecule has 1 aromatic heterocycles. The zero-order valence-electron chi connectivity index (χ0n) is 9.57. The van der Waals surface area contributed by atoms with Crippen molar-refractivity contribution in [3.05, 3.63) is 29.6 Å². The Morgan fingerprint density at radius 2 is 2.20 bits per heavy atom. The molecular formula is C12H18N2O. The third-order valence-corrected chi connectivity index (χ3v) is 2.23. The fourth-order valence-electron chi connectivity index (χ4n) is 1.47. The molecule has 0 atom stereocenters. The van der Waals surface area contributed by atoms with Crippen molar-refractivity contribution in [2.75, 3.05) is 0 Å². The quantitative estimate of drug-likeness (QED) is 0.767. The van der Waals surface area contributed by atoms with Gasteiger partial charge in [-0.3, -0.25) is 0 Å². The predicted octanol–water partition coefficient (Wildman–Crippen LogP) is 3.31. The zero-order valence-corrected chi connectivity index (χ0v) is 9.57. The molecule has 1 N–H and O–H groups in total. The van der Waals surface area contributed by atoms with Gasteiger partial charge in [0.25, 0.3) is 0 Å². The molecule has 3 heteroatoms. The molecule has 82 valence electrons. The smallest absolute Gasteiger partial charge is 0.109 e. The van der Waals surface area contributed by atoms with Crippen LogP contribution in [0.4, 0.5) is 0 Å². The molecule has 1 rings (SSSR count). The van der Waals surface area contributed by atoms with Gasteiger partial charge in [0.1, 0.15) is 5.69 Å². The van der Waals surface area contributed by atoms with Crippen molar-refractivity contribution in [1.29, 1.82) is 0 Å². The summed E-state index contributed by atoms with van der Waals surface area (Å²) in [5, 5.41) is 13.6. The first-order valence-corrected chi connectivity index (χ1v) is 5.22. The Kier molecular flexibility index (Phi) is 3.72. The summed E-state index contributed by atoms with van der Waals surface area (Å²) in [6.07, 6.45) is 6.63. The van der Waals surface area contributed by atoms with Crippen molar-refractivity contribution in [2.24, 2.45) is 0 Å². The third kappa shape index (κ3) is 2.29. The van der Waals surface area contributed by atoms with Crippen molar-refractivity contribution in [3.8, 4) is 0 Å². The van der Waals surface area contributed by atoms with E-state index in [1.807, 2.05) is 6.08 Å². The van der Waals surface area contributed by atoms with Gasteiger partial charge in [-0.05, 0) is 18.4 Å². The first kappa shape index (κ1) is 11.6. The minimum Gasteiger partial charge on any atom is -0.411 e. The van der Waals surface area contributed by atoms with Crippen LogP contribution in [-0.4, -0.2) is 15.2 Å². The molecule has 0 aliphatic rings. The molecule has 0 saturated heterocycles. The second-order valence-electron chi connectivity index (χ2n) is 3.74. The molecule has 1 heterocycles. The highest BCUT2D eigenvalue weighted by Gasteiger charge is 2.15. The molecule has 0 amide bonds. The van der Waals surface area contributed by atoms with E-state index < -0.39 is 0 Å². The third-order valence-electron chi connectivity index (χ3n) is 2.23.